The molecule has 0 fully saturated rings. The van der Waals surface area contributed by atoms with Crippen LogP contribution in [0.15, 0.2) is 24.3 Å². The Balaban J connectivity index is 0. The van der Waals surface area contributed by atoms with Crippen molar-refractivity contribution in [2.24, 2.45) is 5.73 Å². The molecule has 0 saturated carbocycles. The average molecular weight is 288 g/mol. The zero-order valence-electron chi connectivity index (χ0n) is 8.82. The first-order chi connectivity index (χ1) is 6.83. The van der Waals surface area contributed by atoms with Crippen molar-refractivity contribution >= 4 is 36.4 Å². The molecule has 1 rings (SSSR count). The van der Waals surface area contributed by atoms with Gasteiger partial charge in [0.1, 0.15) is 12.4 Å². The number of hydrogen-bond acceptors (Lipinski definition) is 3. The van der Waals surface area contributed by atoms with E-state index in [9.17, 15) is 0 Å². The molecular weight excluding hydrogens is 270 g/mol. The molecule has 0 atom stereocenters. The standard InChI is InChI=1S/C10H15ClN2O.2ClH/c11-9-1-3-10(4-2-9)14-8-7-13-6-5-12;;/h1-4,13H,5-8,12H2;2*1H. The second kappa shape index (κ2) is 11.3. The van der Waals surface area contributed by atoms with Gasteiger partial charge in [-0.2, -0.15) is 0 Å². The summed E-state index contributed by atoms with van der Waals surface area (Å²) in [6.45, 7) is 2.92. The van der Waals surface area contributed by atoms with Crippen LogP contribution in [0.25, 0.3) is 0 Å². The average Bonchev–Trinajstić information content (AvgIpc) is 2.21. The van der Waals surface area contributed by atoms with Crippen LogP contribution in [0, 0.1) is 0 Å². The van der Waals surface area contributed by atoms with E-state index < -0.39 is 0 Å². The first kappa shape index (κ1) is 18.2. The van der Waals surface area contributed by atoms with Gasteiger partial charge in [0.05, 0.1) is 0 Å². The zero-order valence-corrected chi connectivity index (χ0v) is 11.2. The topological polar surface area (TPSA) is 47.3 Å². The predicted octanol–water partition coefficient (Wildman–Crippen LogP) is 2.11. The summed E-state index contributed by atoms with van der Waals surface area (Å²) >= 11 is 5.73. The molecule has 0 amide bonds. The van der Waals surface area contributed by atoms with E-state index in [1.54, 1.807) is 0 Å². The Morgan fingerprint density at radius 2 is 1.75 bits per heavy atom. The van der Waals surface area contributed by atoms with Gasteiger partial charge in [-0.15, -0.1) is 24.8 Å². The van der Waals surface area contributed by atoms with E-state index in [4.69, 9.17) is 22.1 Å². The maximum Gasteiger partial charge on any atom is 0.119 e. The molecule has 6 heteroatoms. The molecule has 0 aliphatic rings. The van der Waals surface area contributed by atoms with Crippen LogP contribution in [0.5, 0.6) is 5.75 Å². The molecule has 0 heterocycles. The second-order valence-electron chi connectivity index (χ2n) is 2.84. The minimum atomic E-state index is 0. The molecule has 0 bridgehead atoms. The van der Waals surface area contributed by atoms with Gasteiger partial charge < -0.3 is 15.8 Å². The van der Waals surface area contributed by atoms with Crippen LogP contribution in [0.1, 0.15) is 0 Å². The van der Waals surface area contributed by atoms with Crippen LogP contribution < -0.4 is 15.8 Å². The fourth-order valence-electron chi connectivity index (χ4n) is 0.999. The van der Waals surface area contributed by atoms with Gasteiger partial charge in [0.2, 0.25) is 0 Å². The van der Waals surface area contributed by atoms with Crippen molar-refractivity contribution in [1.29, 1.82) is 0 Å². The molecule has 94 valence electrons. The SMILES string of the molecule is Cl.Cl.NCCNCCOc1ccc(Cl)cc1. The number of nitrogens with one attached hydrogen (secondary N) is 1. The molecule has 3 N–H and O–H groups in total. The summed E-state index contributed by atoms with van der Waals surface area (Å²) in [4.78, 5) is 0. The van der Waals surface area contributed by atoms with Gasteiger partial charge in [0, 0.05) is 24.7 Å². The van der Waals surface area contributed by atoms with Crippen molar-refractivity contribution < 1.29 is 4.74 Å². The van der Waals surface area contributed by atoms with Gasteiger partial charge in [-0.05, 0) is 24.3 Å². The number of halogens is 3. The molecule has 1 aromatic carbocycles. The van der Waals surface area contributed by atoms with Crippen molar-refractivity contribution in [1.82, 2.24) is 5.32 Å². The summed E-state index contributed by atoms with van der Waals surface area (Å²) in [5.74, 6) is 0.837. The third-order valence-corrected chi connectivity index (χ3v) is 1.93. The minimum absolute atomic E-state index is 0. The molecule has 0 aliphatic carbocycles. The highest BCUT2D eigenvalue weighted by atomic mass is 35.5. The van der Waals surface area contributed by atoms with Crippen LogP contribution in [0.4, 0.5) is 0 Å². The molecule has 0 aromatic heterocycles. The number of rotatable bonds is 6. The molecule has 0 radical (unpaired) electrons. The smallest absolute Gasteiger partial charge is 0.119 e. The number of hydrogen-bond donors (Lipinski definition) is 2. The zero-order chi connectivity index (χ0) is 10.2. The van der Waals surface area contributed by atoms with E-state index >= 15 is 0 Å². The summed E-state index contributed by atoms with van der Waals surface area (Å²) in [5, 5.41) is 3.86. The van der Waals surface area contributed by atoms with Gasteiger partial charge in [-0.3, -0.25) is 0 Å². The lowest BCUT2D eigenvalue weighted by molar-refractivity contribution is 0.315. The minimum Gasteiger partial charge on any atom is -0.492 e. The van der Waals surface area contributed by atoms with Gasteiger partial charge in [-0.25, -0.2) is 0 Å². The highest BCUT2D eigenvalue weighted by Gasteiger charge is 1.92. The molecule has 0 spiro atoms. The predicted molar refractivity (Wildman–Crippen MR) is 73.4 cm³/mol. The molecule has 16 heavy (non-hydrogen) atoms. The van der Waals surface area contributed by atoms with Crippen molar-refractivity contribution in [2.45, 2.75) is 0 Å². The first-order valence-corrected chi connectivity index (χ1v) is 5.00. The van der Waals surface area contributed by atoms with Crippen LogP contribution in [0.3, 0.4) is 0 Å². The summed E-state index contributed by atoms with van der Waals surface area (Å²) in [6.07, 6.45) is 0. The van der Waals surface area contributed by atoms with Crippen molar-refractivity contribution in [2.75, 3.05) is 26.2 Å². The Hall–Kier alpha value is -0.190. The molecule has 1 aromatic rings. The lowest BCUT2D eigenvalue weighted by atomic mass is 10.3. The van der Waals surface area contributed by atoms with E-state index in [1.165, 1.54) is 0 Å². The quantitative estimate of drug-likeness (QED) is 0.788. The van der Waals surface area contributed by atoms with E-state index in [2.05, 4.69) is 5.32 Å². The van der Waals surface area contributed by atoms with Crippen molar-refractivity contribution in [3.8, 4) is 5.75 Å². The lowest BCUT2D eigenvalue weighted by Gasteiger charge is -2.06. The normalized spacial score (nSPS) is 8.88. The number of nitrogens with two attached hydrogens (primary N) is 1. The van der Waals surface area contributed by atoms with Gasteiger partial charge in [0.25, 0.3) is 0 Å². The van der Waals surface area contributed by atoms with Crippen LogP contribution in [-0.2, 0) is 0 Å². The van der Waals surface area contributed by atoms with Gasteiger partial charge >= 0.3 is 0 Å². The fraction of sp³-hybridized carbons (Fsp3) is 0.400. The summed E-state index contributed by atoms with van der Waals surface area (Å²) in [6, 6.07) is 7.32. The van der Waals surface area contributed by atoms with E-state index in [1.807, 2.05) is 24.3 Å². The Bertz CT molecular complexity index is 257. The van der Waals surface area contributed by atoms with Crippen LogP contribution >= 0.6 is 36.4 Å². The largest absolute Gasteiger partial charge is 0.492 e. The second-order valence-corrected chi connectivity index (χ2v) is 3.28. The van der Waals surface area contributed by atoms with Crippen LogP contribution in [-0.4, -0.2) is 26.2 Å². The summed E-state index contributed by atoms with van der Waals surface area (Å²) in [5.41, 5.74) is 5.32. The molecule has 0 unspecified atom stereocenters. The van der Waals surface area contributed by atoms with E-state index in [0.29, 0.717) is 13.2 Å². The molecular formula is C10H17Cl3N2O. The van der Waals surface area contributed by atoms with Crippen molar-refractivity contribution in [3.05, 3.63) is 29.3 Å². The third-order valence-electron chi connectivity index (χ3n) is 1.68. The lowest BCUT2D eigenvalue weighted by Crippen LogP contribution is -2.26. The Morgan fingerprint density at radius 1 is 1.12 bits per heavy atom. The Labute approximate surface area is 114 Å². The number of ether oxygens (including phenoxy) is 1. The van der Waals surface area contributed by atoms with E-state index in [0.717, 1.165) is 23.9 Å². The Morgan fingerprint density at radius 3 is 2.31 bits per heavy atom. The maximum absolute atomic E-state index is 5.73. The maximum atomic E-state index is 5.73. The summed E-state index contributed by atoms with van der Waals surface area (Å²) < 4.78 is 5.45. The molecule has 0 aliphatic heterocycles. The van der Waals surface area contributed by atoms with Gasteiger partial charge in [-0.1, -0.05) is 11.6 Å². The number of benzene rings is 1. The highest BCUT2D eigenvalue weighted by Crippen LogP contribution is 2.14. The molecule has 0 saturated heterocycles. The highest BCUT2D eigenvalue weighted by molar-refractivity contribution is 6.30. The Kier molecular flexibility index (Phi) is 12.8. The molecule has 3 nitrogen and oxygen atoms in total. The van der Waals surface area contributed by atoms with Gasteiger partial charge in [0.15, 0.2) is 0 Å². The third kappa shape index (κ3) is 8.02. The van der Waals surface area contributed by atoms with Crippen molar-refractivity contribution in [3.63, 3.8) is 0 Å². The van der Waals surface area contributed by atoms with E-state index in [-0.39, 0.29) is 24.8 Å². The fourth-order valence-corrected chi connectivity index (χ4v) is 1.12. The van der Waals surface area contributed by atoms with Crippen LogP contribution in [0.2, 0.25) is 5.02 Å². The monoisotopic (exact) mass is 286 g/mol. The first-order valence-electron chi connectivity index (χ1n) is 4.62. The summed E-state index contributed by atoms with van der Waals surface area (Å²) in [7, 11) is 0.